The van der Waals surface area contributed by atoms with E-state index in [1.54, 1.807) is 12.1 Å². The lowest BCUT2D eigenvalue weighted by Gasteiger charge is -2.35. The third-order valence-corrected chi connectivity index (χ3v) is 3.28. The number of nitrogens with zero attached hydrogens (tertiary/aromatic N) is 2. The fraction of sp³-hybridized carbons (Fsp3) is 0.500. The van der Waals surface area contributed by atoms with Gasteiger partial charge in [-0.1, -0.05) is 12.1 Å². The van der Waals surface area contributed by atoms with Gasteiger partial charge in [-0.15, -0.1) is 12.4 Å². The first kappa shape index (κ1) is 14.9. The summed E-state index contributed by atoms with van der Waals surface area (Å²) in [4.78, 5) is 12.5. The van der Waals surface area contributed by atoms with Gasteiger partial charge >= 0.3 is 0 Å². The van der Waals surface area contributed by atoms with Crippen LogP contribution in [0.3, 0.4) is 0 Å². The molecule has 1 heterocycles. The highest BCUT2D eigenvalue weighted by Gasteiger charge is 2.20. The average molecular weight is 272 g/mol. The Kier molecular flexibility index (Phi) is 5.53. The third-order valence-electron chi connectivity index (χ3n) is 3.28. The van der Waals surface area contributed by atoms with Crippen LogP contribution < -0.4 is 5.32 Å². The van der Waals surface area contributed by atoms with E-state index in [0.717, 1.165) is 31.6 Å². The Hall–Kier alpha value is -1.17. The first-order valence-corrected chi connectivity index (χ1v) is 5.81. The van der Waals surface area contributed by atoms with Gasteiger partial charge in [0.25, 0.3) is 5.69 Å². The molecule has 1 saturated heterocycles. The second kappa shape index (κ2) is 6.68. The highest BCUT2D eigenvalue weighted by molar-refractivity contribution is 5.85. The summed E-state index contributed by atoms with van der Waals surface area (Å²) in [5.41, 5.74) is 1.31. The highest BCUT2D eigenvalue weighted by atomic mass is 35.5. The number of nitrogens with one attached hydrogen (secondary N) is 1. The van der Waals surface area contributed by atoms with Crippen molar-refractivity contribution in [2.75, 3.05) is 26.7 Å². The lowest BCUT2D eigenvalue weighted by molar-refractivity contribution is -0.384. The molecule has 0 bridgehead atoms. The Morgan fingerprint density at radius 3 is 2.44 bits per heavy atom. The molecule has 6 heteroatoms. The van der Waals surface area contributed by atoms with Crippen LogP contribution in [-0.4, -0.2) is 42.5 Å². The second-order valence-electron chi connectivity index (χ2n) is 4.47. The van der Waals surface area contributed by atoms with Crippen molar-refractivity contribution in [1.29, 1.82) is 0 Å². The predicted molar refractivity (Wildman–Crippen MR) is 73.3 cm³/mol. The maximum Gasteiger partial charge on any atom is 0.269 e. The van der Waals surface area contributed by atoms with Gasteiger partial charge in [0.05, 0.1) is 4.92 Å². The zero-order chi connectivity index (χ0) is 12.3. The minimum atomic E-state index is -0.365. The summed E-state index contributed by atoms with van der Waals surface area (Å²) < 4.78 is 0. The highest BCUT2D eigenvalue weighted by Crippen LogP contribution is 2.13. The summed E-state index contributed by atoms with van der Waals surface area (Å²) in [5, 5.41) is 13.7. The smallest absolute Gasteiger partial charge is 0.269 e. The number of likely N-dealkylation sites (N-methyl/N-ethyl adjacent to an activating group) is 1. The number of benzene rings is 1. The number of halogens is 1. The number of nitro groups is 1. The lowest BCUT2D eigenvalue weighted by Crippen LogP contribution is -2.56. The number of hydrogen-bond acceptors (Lipinski definition) is 4. The van der Waals surface area contributed by atoms with Crippen molar-refractivity contribution in [2.45, 2.75) is 12.5 Å². The van der Waals surface area contributed by atoms with E-state index in [9.17, 15) is 10.1 Å². The van der Waals surface area contributed by atoms with Crippen molar-refractivity contribution in [1.82, 2.24) is 10.2 Å². The van der Waals surface area contributed by atoms with Crippen LogP contribution in [0.25, 0.3) is 0 Å². The van der Waals surface area contributed by atoms with E-state index in [4.69, 9.17) is 0 Å². The molecule has 1 fully saturated rings. The minimum absolute atomic E-state index is 0. The van der Waals surface area contributed by atoms with Crippen molar-refractivity contribution in [3.05, 3.63) is 39.9 Å². The molecule has 0 saturated carbocycles. The van der Waals surface area contributed by atoms with Gasteiger partial charge in [0.1, 0.15) is 0 Å². The fourth-order valence-electron chi connectivity index (χ4n) is 1.86. The SMILES string of the molecule is CN(CCc1ccc([N+](=O)[O-])cc1)C1CNC1.Cl. The van der Waals surface area contributed by atoms with E-state index in [2.05, 4.69) is 17.3 Å². The summed E-state index contributed by atoms with van der Waals surface area (Å²) in [6.45, 7) is 3.12. The lowest BCUT2D eigenvalue weighted by atomic mass is 10.1. The Bertz CT molecular complexity index is 393. The number of nitro benzene ring substituents is 1. The maximum atomic E-state index is 10.5. The molecule has 1 N–H and O–H groups in total. The van der Waals surface area contributed by atoms with Gasteiger partial charge in [-0.05, 0) is 19.0 Å². The van der Waals surface area contributed by atoms with Crippen molar-refractivity contribution >= 4 is 18.1 Å². The van der Waals surface area contributed by atoms with Crippen LogP contribution in [0.1, 0.15) is 5.56 Å². The van der Waals surface area contributed by atoms with E-state index < -0.39 is 0 Å². The first-order chi connectivity index (χ1) is 8.16. The topological polar surface area (TPSA) is 58.4 Å². The van der Waals surface area contributed by atoms with Gasteiger partial charge in [0.2, 0.25) is 0 Å². The van der Waals surface area contributed by atoms with E-state index in [0.29, 0.717) is 6.04 Å². The van der Waals surface area contributed by atoms with E-state index in [1.165, 1.54) is 0 Å². The number of non-ortho nitro benzene ring substituents is 1. The Morgan fingerprint density at radius 2 is 2.00 bits per heavy atom. The molecule has 1 aliphatic heterocycles. The molecule has 0 aliphatic carbocycles. The standard InChI is InChI=1S/C12H17N3O2.ClH/c1-14(12-8-13-9-12)7-6-10-2-4-11(5-3-10)15(16)17;/h2-5,12-13H,6-9H2,1H3;1H. The van der Waals surface area contributed by atoms with Gasteiger partial charge < -0.3 is 10.2 Å². The van der Waals surface area contributed by atoms with Crippen LogP contribution in [0.2, 0.25) is 0 Å². The Balaban J connectivity index is 0.00000162. The molecule has 1 aliphatic rings. The normalized spacial score (nSPS) is 15.0. The summed E-state index contributed by atoms with van der Waals surface area (Å²) in [7, 11) is 2.12. The quantitative estimate of drug-likeness (QED) is 0.651. The first-order valence-electron chi connectivity index (χ1n) is 5.81. The van der Waals surface area contributed by atoms with E-state index in [1.807, 2.05) is 12.1 Å². The predicted octanol–water partition coefficient (Wildman–Crippen LogP) is 1.46. The van der Waals surface area contributed by atoms with Gasteiger partial charge in [-0.3, -0.25) is 10.1 Å². The molecule has 1 aromatic carbocycles. The molecule has 0 radical (unpaired) electrons. The Morgan fingerprint density at radius 1 is 1.39 bits per heavy atom. The molecule has 0 spiro atoms. The van der Waals surface area contributed by atoms with Gasteiger partial charge in [-0.25, -0.2) is 0 Å². The minimum Gasteiger partial charge on any atom is -0.314 e. The summed E-state index contributed by atoms with van der Waals surface area (Å²) in [6, 6.07) is 7.46. The molecule has 18 heavy (non-hydrogen) atoms. The third kappa shape index (κ3) is 3.66. The van der Waals surface area contributed by atoms with Gasteiger partial charge in [0, 0.05) is 37.8 Å². The molecular weight excluding hydrogens is 254 g/mol. The molecule has 0 unspecified atom stereocenters. The van der Waals surface area contributed by atoms with Crippen LogP contribution >= 0.6 is 12.4 Å². The Labute approximate surface area is 113 Å². The van der Waals surface area contributed by atoms with Crippen LogP contribution in [-0.2, 0) is 6.42 Å². The summed E-state index contributed by atoms with van der Waals surface area (Å²) in [6.07, 6.45) is 0.936. The number of rotatable bonds is 5. The van der Waals surface area contributed by atoms with Crippen LogP contribution in [0.4, 0.5) is 5.69 Å². The molecule has 2 rings (SSSR count). The summed E-state index contributed by atoms with van der Waals surface area (Å²) >= 11 is 0. The fourth-order valence-corrected chi connectivity index (χ4v) is 1.86. The van der Waals surface area contributed by atoms with Crippen molar-refractivity contribution < 1.29 is 4.92 Å². The summed E-state index contributed by atoms with van der Waals surface area (Å²) in [5.74, 6) is 0. The monoisotopic (exact) mass is 271 g/mol. The van der Waals surface area contributed by atoms with Crippen LogP contribution in [0.15, 0.2) is 24.3 Å². The van der Waals surface area contributed by atoms with Crippen LogP contribution in [0, 0.1) is 10.1 Å². The molecular formula is C12H18ClN3O2. The van der Waals surface area contributed by atoms with E-state index in [-0.39, 0.29) is 23.0 Å². The second-order valence-corrected chi connectivity index (χ2v) is 4.47. The van der Waals surface area contributed by atoms with Gasteiger partial charge in [0.15, 0.2) is 0 Å². The molecule has 0 amide bonds. The van der Waals surface area contributed by atoms with Crippen molar-refractivity contribution in [2.24, 2.45) is 0 Å². The van der Waals surface area contributed by atoms with Crippen molar-refractivity contribution in [3.8, 4) is 0 Å². The van der Waals surface area contributed by atoms with Crippen molar-refractivity contribution in [3.63, 3.8) is 0 Å². The van der Waals surface area contributed by atoms with Crippen LogP contribution in [0.5, 0.6) is 0 Å². The number of hydrogen-bond donors (Lipinski definition) is 1. The van der Waals surface area contributed by atoms with Gasteiger partial charge in [-0.2, -0.15) is 0 Å². The zero-order valence-corrected chi connectivity index (χ0v) is 11.2. The molecule has 1 aromatic rings. The molecule has 100 valence electrons. The zero-order valence-electron chi connectivity index (χ0n) is 10.3. The maximum absolute atomic E-state index is 10.5. The largest absolute Gasteiger partial charge is 0.314 e. The average Bonchev–Trinajstić information content (AvgIpc) is 2.24. The molecule has 5 nitrogen and oxygen atoms in total. The molecule has 0 aromatic heterocycles. The van der Waals surface area contributed by atoms with E-state index >= 15 is 0 Å². The molecule has 0 atom stereocenters.